The van der Waals surface area contributed by atoms with E-state index >= 15 is 0 Å². The second kappa shape index (κ2) is 7.06. The third kappa shape index (κ3) is 3.75. The van der Waals surface area contributed by atoms with Crippen LogP contribution < -0.4 is 10.6 Å². The first-order valence-corrected chi connectivity index (χ1v) is 8.67. The maximum Gasteiger partial charge on any atom is 0.321 e. The third-order valence-corrected chi connectivity index (χ3v) is 5.11. The highest BCUT2D eigenvalue weighted by Gasteiger charge is 2.15. The Morgan fingerprint density at radius 2 is 1.95 bits per heavy atom. The predicted molar refractivity (Wildman–Crippen MR) is 89.6 cm³/mol. The van der Waals surface area contributed by atoms with Crippen LogP contribution in [0.25, 0.3) is 10.2 Å². The highest BCUT2D eigenvalue weighted by molar-refractivity contribution is 8.00. The van der Waals surface area contributed by atoms with Crippen LogP contribution in [0.2, 0.25) is 0 Å². The van der Waals surface area contributed by atoms with E-state index in [0.29, 0.717) is 12.4 Å². The minimum absolute atomic E-state index is 0.136. The lowest BCUT2D eigenvalue weighted by Crippen LogP contribution is -2.40. The molecule has 0 aliphatic carbocycles. The lowest BCUT2D eigenvalue weighted by molar-refractivity contribution is -0.117. The van der Waals surface area contributed by atoms with Crippen LogP contribution in [0, 0.1) is 20.8 Å². The molecule has 0 bridgehead atoms. The van der Waals surface area contributed by atoms with Gasteiger partial charge in [0.1, 0.15) is 15.7 Å². The Hall–Kier alpha value is -1.67. The zero-order valence-corrected chi connectivity index (χ0v) is 14.6. The van der Waals surface area contributed by atoms with Crippen LogP contribution in [0.5, 0.6) is 0 Å². The first-order chi connectivity index (χ1) is 10.4. The predicted octanol–water partition coefficient (Wildman–Crippen LogP) is 2.55. The lowest BCUT2D eigenvalue weighted by atomic mass is 10.2. The number of amides is 3. The van der Waals surface area contributed by atoms with Crippen molar-refractivity contribution in [2.75, 3.05) is 12.3 Å². The molecule has 22 heavy (non-hydrogen) atoms. The van der Waals surface area contributed by atoms with Crippen molar-refractivity contribution in [1.82, 2.24) is 20.6 Å². The molecule has 0 spiro atoms. The van der Waals surface area contributed by atoms with Gasteiger partial charge in [0.2, 0.25) is 5.91 Å². The number of hydrogen-bond donors (Lipinski definition) is 2. The van der Waals surface area contributed by atoms with Crippen molar-refractivity contribution in [2.24, 2.45) is 0 Å². The van der Waals surface area contributed by atoms with E-state index in [1.807, 2.05) is 20.8 Å². The summed E-state index contributed by atoms with van der Waals surface area (Å²) in [6.45, 7) is 8.19. The van der Waals surface area contributed by atoms with Gasteiger partial charge in [-0.2, -0.15) is 0 Å². The molecule has 0 aliphatic rings. The van der Waals surface area contributed by atoms with E-state index in [2.05, 4.69) is 20.6 Å². The van der Waals surface area contributed by atoms with Gasteiger partial charge in [-0.1, -0.05) is 11.8 Å². The monoisotopic (exact) mass is 338 g/mol. The van der Waals surface area contributed by atoms with Crippen LogP contribution in [0.15, 0.2) is 5.03 Å². The Kier molecular flexibility index (Phi) is 5.36. The molecule has 6 nitrogen and oxygen atoms in total. The second-order valence-electron chi connectivity index (χ2n) is 4.74. The summed E-state index contributed by atoms with van der Waals surface area (Å²) in [6.07, 6.45) is 0. The average molecular weight is 338 g/mol. The summed E-state index contributed by atoms with van der Waals surface area (Å²) in [5, 5.41) is 6.60. The number of urea groups is 1. The van der Waals surface area contributed by atoms with Gasteiger partial charge in [-0.25, -0.2) is 14.8 Å². The van der Waals surface area contributed by atoms with Crippen molar-refractivity contribution in [3.8, 4) is 0 Å². The molecular formula is C14H18N4O2S2. The van der Waals surface area contributed by atoms with Crippen LogP contribution >= 0.6 is 23.1 Å². The van der Waals surface area contributed by atoms with Crippen LogP contribution in [-0.2, 0) is 4.79 Å². The van der Waals surface area contributed by atoms with Gasteiger partial charge < -0.3 is 5.32 Å². The molecule has 8 heteroatoms. The Labute approximate surface area is 137 Å². The third-order valence-electron chi connectivity index (χ3n) is 3.04. The summed E-state index contributed by atoms with van der Waals surface area (Å²) in [4.78, 5) is 34.1. The summed E-state index contributed by atoms with van der Waals surface area (Å²) in [5.74, 6) is 0.474. The van der Waals surface area contributed by atoms with E-state index in [4.69, 9.17) is 0 Å². The molecule has 0 saturated carbocycles. The number of hydrogen-bond acceptors (Lipinski definition) is 6. The molecule has 0 unspecified atom stereocenters. The number of carbonyl (C=O) groups is 2. The van der Waals surface area contributed by atoms with Gasteiger partial charge in [-0.3, -0.25) is 10.1 Å². The molecule has 0 aromatic carbocycles. The van der Waals surface area contributed by atoms with Gasteiger partial charge in [-0.05, 0) is 33.3 Å². The first kappa shape index (κ1) is 16.7. The summed E-state index contributed by atoms with van der Waals surface area (Å²) < 4.78 is 0. The van der Waals surface area contributed by atoms with Crippen molar-refractivity contribution in [3.63, 3.8) is 0 Å². The average Bonchev–Trinajstić information content (AvgIpc) is 2.71. The van der Waals surface area contributed by atoms with Gasteiger partial charge >= 0.3 is 6.03 Å². The Morgan fingerprint density at radius 3 is 2.64 bits per heavy atom. The highest BCUT2D eigenvalue weighted by atomic mass is 32.2. The smallest absolute Gasteiger partial charge is 0.321 e. The Bertz CT molecular complexity index is 727. The molecule has 0 saturated heterocycles. The maximum atomic E-state index is 11.8. The van der Waals surface area contributed by atoms with E-state index in [1.165, 1.54) is 16.6 Å². The molecule has 3 amide bonds. The number of imide groups is 1. The molecule has 118 valence electrons. The van der Waals surface area contributed by atoms with Crippen molar-refractivity contribution in [2.45, 2.75) is 32.7 Å². The summed E-state index contributed by atoms with van der Waals surface area (Å²) in [5.41, 5.74) is 1.15. The molecule has 2 N–H and O–H groups in total. The fourth-order valence-electron chi connectivity index (χ4n) is 1.92. The molecule has 0 aliphatic heterocycles. The lowest BCUT2D eigenvalue weighted by Gasteiger charge is -2.06. The van der Waals surface area contributed by atoms with Crippen LogP contribution in [0.4, 0.5) is 4.79 Å². The van der Waals surface area contributed by atoms with Crippen molar-refractivity contribution in [1.29, 1.82) is 0 Å². The summed E-state index contributed by atoms with van der Waals surface area (Å²) >= 11 is 2.95. The number of rotatable bonds is 4. The minimum Gasteiger partial charge on any atom is -0.338 e. The fraction of sp³-hybridized carbons (Fsp3) is 0.429. The molecule has 0 radical (unpaired) electrons. The molecule has 2 rings (SSSR count). The van der Waals surface area contributed by atoms with Crippen molar-refractivity contribution < 1.29 is 9.59 Å². The minimum atomic E-state index is -0.473. The van der Waals surface area contributed by atoms with E-state index < -0.39 is 6.03 Å². The number of thiophene rings is 1. The molecule has 0 atom stereocenters. The zero-order chi connectivity index (χ0) is 16.3. The summed E-state index contributed by atoms with van der Waals surface area (Å²) in [7, 11) is 0. The van der Waals surface area contributed by atoms with E-state index in [0.717, 1.165) is 20.8 Å². The highest BCUT2D eigenvalue weighted by Crippen LogP contribution is 2.34. The molecule has 2 aromatic heterocycles. The van der Waals surface area contributed by atoms with Gasteiger partial charge in [0.15, 0.2) is 0 Å². The quantitative estimate of drug-likeness (QED) is 0.661. The second-order valence-corrected chi connectivity index (χ2v) is 6.90. The number of aromatic nitrogens is 2. The van der Waals surface area contributed by atoms with Crippen LogP contribution in [0.1, 0.15) is 23.2 Å². The number of fused-ring (bicyclic) bond motifs is 1. The van der Waals surface area contributed by atoms with E-state index in [1.54, 1.807) is 18.3 Å². The summed E-state index contributed by atoms with van der Waals surface area (Å²) in [6, 6.07) is -0.473. The van der Waals surface area contributed by atoms with Gasteiger partial charge in [-0.15, -0.1) is 11.3 Å². The maximum absolute atomic E-state index is 11.8. The first-order valence-electron chi connectivity index (χ1n) is 6.87. The molecule has 2 heterocycles. The van der Waals surface area contributed by atoms with Gasteiger partial charge in [0.05, 0.1) is 5.75 Å². The SMILES string of the molecule is CCNC(=O)NC(=O)CSc1nc(C)nc2sc(C)c(C)c12. The van der Waals surface area contributed by atoms with Gasteiger partial charge in [0, 0.05) is 16.8 Å². The van der Waals surface area contributed by atoms with Crippen LogP contribution in [0.3, 0.4) is 0 Å². The molecular weight excluding hydrogens is 320 g/mol. The zero-order valence-electron chi connectivity index (χ0n) is 12.9. The fourth-order valence-corrected chi connectivity index (χ4v) is 3.99. The largest absolute Gasteiger partial charge is 0.338 e. The topological polar surface area (TPSA) is 84.0 Å². The van der Waals surface area contributed by atoms with E-state index in [9.17, 15) is 9.59 Å². The Balaban J connectivity index is 2.14. The number of aryl methyl sites for hydroxylation is 3. The van der Waals surface area contributed by atoms with Gasteiger partial charge in [0.25, 0.3) is 0 Å². The Morgan fingerprint density at radius 1 is 1.23 bits per heavy atom. The number of nitrogens with one attached hydrogen (secondary N) is 2. The standard InChI is InChI=1S/C14H18N4O2S2/c1-5-15-14(20)18-10(19)6-21-12-11-7(2)8(3)22-13(11)17-9(4)16-12/h5-6H2,1-4H3,(H2,15,18,19,20). The number of thioether (sulfide) groups is 1. The van der Waals surface area contributed by atoms with Crippen molar-refractivity contribution >= 4 is 45.3 Å². The van der Waals surface area contributed by atoms with E-state index in [-0.39, 0.29) is 11.7 Å². The number of carbonyl (C=O) groups excluding carboxylic acids is 2. The van der Waals surface area contributed by atoms with Crippen molar-refractivity contribution in [3.05, 3.63) is 16.3 Å². The number of nitrogens with zero attached hydrogens (tertiary/aromatic N) is 2. The molecule has 0 fully saturated rings. The van der Waals surface area contributed by atoms with Crippen LogP contribution in [-0.4, -0.2) is 34.2 Å². The normalized spacial score (nSPS) is 10.7. The molecule has 2 aromatic rings.